The van der Waals surface area contributed by atoms with Gasteiger partial charge >= 0.3 is 11.9 Å². The zero-order valence-electron chi connectivity index (χ0n) is 12.2. The van der Waals surface area contributed by atoms with Crippen LogP contribution < -0.4 is 0 Å². The van der Waals surface area contributed by atoms with Crippen LogP contribution in [-0.2, 0) is 23.8 Å². The lowest BCUT2D eigenvalue weighted by Crippen LogP contribution is -2.32. The van der Waals surface area contributed by atoms with Crippen LogP contribution in [0.1, 0.15) is 27.7 Å². The highest BCUT2D eigenvalue weighted by Crippen LogP contribution is 2.04. The molecule has 0 N–H and O–H groups in total. The first kappa shape index (κ1) is 17.6. The van der Waals surface area contributed by atoms with Gasteiger partial charge in [0.1, 0.15) is 6.61 Å². The second-order valence-corrected chi connectivity index (χ2v) is 4.82. The molecule has 0 aliphatic heterocycles. The van der Waals surface area contributed by atoms with E-state index >= 15 is 0 Å². The monoisotopic (exact) mass is 272 g/mol. The number of esters is 2. The van der Waals surface area contributed by atoms with Gasteiger partial charge in [-0.3, -0.25) is 9.59 Å². The van der Waals surface area contributed by atoms with E-state index in [-0.39, 0.29) is 37.0 Å². The van der Waals surface area contributed by atoms with Gasteiger partial charge in [0.2, 0.25) is 0 Å². The van der Waals surface area contributed by atoms with Gasteiger partial charge in [-0.1, -0.05) is 33.8 Å². The van der Waals surface area contributed by atoms with Crippen molar-refractivity contribution in [3.8, 4) is 0 Å². The average Bonchev–Trinajstić information content (AvgIpc) is 2.34. The first-order chi connectivity index (χ1) is 8.88. The number of hydrogen-bond donors (Lipinski definition) is 0. The van der Waals surface area contributed by atoms with Gasteiger partial charge in [0, 0.05) is 0 Å². The molecule has 0 saturated heterocycles. The molecule has 0 radical (unpaired) electrons. The van der Waals surface area contributed by atoms with E-state index in [2.05, 4.69) is 6.58 Å². The maximum atomic E-state index is 11.5. The predicted octanol–water partition coefficient (Wildman–Crippen LogP) is 1.96. The van der Waals surface area contributed by atoms with Crippen LogP contribution in [0.25, 0.3) is 0 Å². The van der Waals surface area contributed by atoms with Crippen molar-refractivity contribution >= 4 is 11.9 Å². The van der Waals surface area contributed by atoms with E-state index in [1.807, 2.05) is 0 Å². The number of carbonyl (C=O) groups excluding carboxylic acids is 2. The lowest BCUT2D eigenvalue weighted by Gasteiger charge is -2.19. The van der Waals surface area contributed by atoms with E-state index in [0.29, 0.717) is 6.61 Å². The van der Waals surface area contributed by atoms with E-state index in [9.17, 15) is 9.59 Å². The number of carbonyl (C=O) groups is 2. The third-order valence-corrected chi connectivity index (χ3v) is 2.18. The molecule has 0 aliphatic rings. The Labute approximate surface area is 114 Å². The molecule has 0 spiro atoms. The van der Waals surface area contributed by atoms with Gasteiger partial charge in [-0.15, -0.1) is 6.58 Å². The van der Waals surface area contributed by atoms with Crippen molar-refractivity contribution in [3.63, 3.8) is 0 Å². The zero-order chi connectivity index (χ0) is 14.8. The molecular formula is C14H24O5. The van der Waals surface area contributed by atoms with Gasteiger partial charge in [0.05, 0.1) is 25.0 Å². The first-order valence-corrected chi connectivity index (χ1v) is 6.44. The van der Waals surface area contributed by atoms with Crippen LogP contribution in [0.5, 0.6) is 0 Å². The Hall–Kier alpha value is -1.36. The lowest BCUT2D eigenvalue weighted by molar-refractivity contribution is -0.166. The van der Waals surface area contributed by atoms with E-state index < -0.39 is 6.10 Å². The number of rotatable bonds is 9. The van der Waals surface area contributed by atoms with Gasteiger partial charge in [-0.2, -0.15) is 0 Å². The van der Waals surface area contributed by atoms with Crippen molar-refractivity contribution in [3.05, 3.63) is 12.7 Å². The van der Waals surface area contributed by atoms with Crippen molar-refractivity contribution in [2.24, 2.45) is 11.8 Å². The summed E-state index contributed by atoms with van der Waals surface area (Å²) in [6.07, 6.45) is 1.01. The fourth-order valence-corrected chi connectivity index (χ4v) is 1.04. The molecule has 0 bridgehead atoms. The Morgan fingerprint density at radius 3 is 2.11 bits per heavy atom. The molecular weight excluding hydrogens is 248 g/mol. The third-order valence-electron chi connectivity index (χ3n) is 2.18. The van der Waals surface area contributed by atoms with Crippen molar-refractivity contribution in [2.75, 3.05) is 19.8 Å². The quantitative estimate of drug-likeness (QED) is 0.365. The maximum absolute atomic E-state index is 11.5. The smallest absolute Gasteiger partial charge is 0.308 e. The molecule has 19 heavy (non-hydrogen) atoms. The highest BCUT2D eigenvalue weighted by atomic mass is 16.6. The average molecular weight is 272 g/mol. The minimum Gasteiger partial charge on any atom is -0.461 e. The molecule has 0 aromatic carbocycles. The summed E-state index contributed by atoms with van der Waals surface area (Å²) in [5, 5.41) is 0. The summed E-state index contributed by atoms with van der Waals surface area (Å²) in [6.45, 7) is 11.0. The van der Waals surface area contributed by atoms with Gasteiger partial charge in [-0.25, -0.2) is 0 Å². The van der Waals surface area contributed by atoms with Crippen molar-refractivity contribution in [1.29, 1.82) is 0 Å². The molecule has 0 saturated carbocycles. The fraction of sp³-hybridized carbons (Fsp3) is 0.714. The molecule has 110 valence electrons. The van der Waals surface area contributed by atoms with Gasteiger partial charge in [0.25, 0.3) is 0 Å². The summed E-state index contributed by atoms with van der Waals surface area (Å²) in [4.78, 5) is 22.9. The second kappa shape index (κ2) is 9.55. The van der Waals surface area contributed by atoms with Crippen LogP contribution in [-0.4, -0.2) is 37.9 Å². The molecule has 5 heteroatoms. The molecule has 0 fully saturated rings. The van der Waals surface area contributed by atoms with Crippen LogP contribution in [0.3, 0.4) is 0 Å². The summed E-state index contributed by atoms with van der Waals surface area (Å²) >= 11 is 0. The minimum atomic E-state index is -0.586. The predicted molar refractivity (Wildman–Crippen MR) is 71.5 cm³/mol. The molecule has 0 rings (SSSR count). The first-order valence-electron chi connectivity index (χ1n) is 6.44. The Morgan fingerprint density at radius 1 is 1.05 bits per heavy atom. The fourth-order valence-electron chi connectivity index (χ4n) is 1.04. The van der Waals surface area contributed by atoms with E-state index in [0.717, 1.165) is 0 Å². The number of hydrogen-bond acceptors (Lipinski definition) is 5. The molecule has 0 aliphatic carbocycles. The van der Waals surface area contributed by atoms with Gasteiger partial charge in [0.15, 0.2) is 6.10 Å². The standard InChI is InChI=1S/C14H24O5/c1-6-7-17-8-12(19-14(16)11(4)5)9-18-13(15)10(2)3/h6,10-12H,1,7-9H2,2-5H3. The largest absolute Gasteiger partial charge is 0.461 e. The van der Waals surface area contributed by atoms with Crippen molar-refractivity contribution in [2.45, 2.75) is 33.8 Å². The highest BCUT2D eigenvalue weighted by Gasteiger charge is 2.20. The van der Waals surface area contributed by atoms with Gasteiger partial charge in [-0.05, 0) is 0 Å². The highest BCUT2D eigenvalue weighted by molar-refractivity contribution is 5.72. The second-order valence-electron chi connectivity index (χ2n) is 4.82. The van der Waals surface area contributed by atoms with Crippen LogP contribution in [0.4, 0.5) is 0 Å². The summed E-state index contributed by atoms with van der Waals surface area (Å²) in [5.74, 6) is -1.11. The lowest BCUT2D eigenvalue weighted by atomic mass is 10.2. The Morgan fingerprint density at radius 2 is 1.63 bits per heavy atom. The normalized spacial score (nSPS) is 12.3. The Kier molecular flexibility index (Phi) is 8.87. The Bertz CT molecular complexity index is 296. The molecule has 0 aromatic rings. The van der Waals surface area contributed by atoms with Gasteiger partial charge < -0.3 is 14.2 Å². The van der Waals surface area contributed by atoms with Crippen molar-refractivity contribution < 1.29 is 23.8 Å². The van der Waals surface area contributed by atoms with Crippen molar-refractivity contribution in [1.82, 2.24) is 0 Å². The van der Waals surface area contributed by atoms with E-state index in [4.69, 9.17) is 14.2 Å². The molecule has 0 amide bonds. The van der Waals surface area contributed by atoms with Crippen LogP contribution >= 0.6 is 0 Å². The minimum absolute atomic E-state index is 0.00656. The number of ether oxygens (including phenoxy) is 3. The molecule has 5 nitrogen and oxygen atoms in total. The summed E-state index contributed by atoms with van der Waals surface area (Å²) < 4.78 is 15.5. The Balaban J connectivity index is 4.28. The molecule has 1 unspecified atom stereocenters. The molecule has 1 atom stereocenters. The van der Waals surface area contributed by atoms with Crippen LogP contribution in [0.2, 0.25) is 0 Å². The topological polar surface area (TPSA) is 61.8 Å². The summed E-state index contributed by atoms with van der Waals surface area (Å²) in [7, 11) is 0. The van der Waals surface area contributed by atoms with E-state index in [1.54, 1.807) is 33.8 Å². The third kappa shape index (κ3) is 8.37. The van der Waals surface area contributed by atoms with Crippen LogP contribution in [0.15, 0.2) is 12.7 Å². The maximum Gasteiger partial charge on any atom is 0.308 e. The molecule has 0 heterocycles. The summed E-state index contributed by atoms with van der Waals surface area (Å²) in [6, 6.07) is 0. The molecule has 0 aromatic heterocycles. The summed E-state index contributed by atoms with van der Waals surface area (Å²) in [5.41, 5.74) is 0. The SMILES string of the molecule is C=CCOCC(COC(=O)C(C)C)OC(=O)C(C)C. The zero-order valence-corrected chi connectivity index (χ0v) is 12.2. The van der Waals surface area contributed by atoms with Crippen LogP contribution in [0, 0.1) is 11.8 Å². The van der Waals surface area contributed by atoms with E-state index in [1.165, 1.54) is 0 Å².